The Balaban J connectivity index is 1.46. The first kappa shape index (κ1) is 25.7. The second-order valence-electron chi connectivity index (χ2n) is 11.0. The van der Waals surface area contributed by atoms with Crippen LogP contribution in [0.15, 0.2) is 10.5 Å². The van der Waals surface area contributed by atoms with Gasteiger partial charge in [-0.3, -0.25) is 9.59 Å². The van der Waals surface area contributed by atoms with Crippen molar-refractivity contribution >= 4 is 51.7 Å². The summed E-state index contributed by atoms with van der Waals surface area (Å²) in [5.41, 5.74) is 6.25. The average Bonchev–Trinajstić information content (AvgIpc) is 3.30. The van der Waals surface area contributed by atoms with Gasteiger partial charge in [0.2, 0.25) is 5.91 Å². The van der Waals surface area contributed by atoms with Gasteiger partial charge in [-0.15, -0.1) is 23.1 Å². The van der Waals surface area contributed by atoms with E-state index in [4.69, 9.17) is 10.6 Å². The minimum Gasteiger partial charge on any atom is -0.480 e. The maximum atomic E-state index is 13.2. The highest BCUT2D eigenvalue weighted by molar-refractivity contribution is 8.01. The van der Waals surface area contributed by atoms with E-state index in [0.717, 1.165) is 25.7 Å². The third kappa shape index (κ3) is 5.00. The van der Waals surface area contributed by atoms with Crippen LogP contribution in [-0.2, 0) is 19.2 Å². The number of nitrogens with two attached hydrogens (primary N) is 1. The fourth-order valence-corrected chi connectivity index (χ4v) is 7.29. The number of hydrogen-bond acceptors (Lipinski definition) is 9. The van der Waals surface area contributed by atoms with Crippen molar-refractivity contribution in [2.75, 3.05) is 5.73 Å². The number of hydrogen-bond donors (Lipinski definition) is 3. The van der Waals surface area contributed by atoms with E-state index in [9.17, 15) is 19.5 Å². The third-order valence-corrected chi connectivity index (χ3v) is 9.38. The molecule has 1 aromatic rings. The number of oxime groups is 1. The number of β-lactam (4-membered cyclic amide) rings is 1. The van der Waals surface area contributed by atoms with Crippen molar-refractivity contribution < 1.29 is 24.3 Å². The molecule has 3 aliphatic rings. The van der Waals surface area contributed by atoms with Crippen LogP contribution in [0.2, 0.25) is 0 Å². The van der Waals surface area contributed by atoms with Crippen LogP contribution in [0.1, 0.15) is 66.0 Å². The number of aromatic nitrogens is 1. The molecule has 12 heteroatoms. The Morgan fingerprint density at radius 1 is 1.29 bits per heavy atom. The number of nitrogens with one attached hydrogen (secondary N) is 1. The molecule has 0 radical (unpaired) electrons. The quantitative estimate of drug-likeness (QED) is 0.293. The SMILES string of the molecule is CC1(C)S[C@@H]2[C@H](NC(=O)/C(=N\O[C@H]3CC[C@H](C(C)(C)C)CC3)c3csc(N)n3)C(=O)N2[C@H]1C(=O)O. The fourth-order valence-electron chi connectivity index (χ4n) is 5.12. The second kappa shape index (κ2) is 9.27. The average molecular weight is 524 g/mol. The number of rotatable bonds is 6. The number of nitrogens with zero attached hydrogens (tertiary/aromatic N) is 3. The lowest BCUT2D eigenvalue weighted by molar-refractivity contribution is -0.160. The first-order chi connectivity index (χ1) is 16.3. The number of thiazole rings is 1. The molecule has 2 amide bonds. The number of carbonyl (C=O) groups is 3. The summed E-state index contributed by atoms with van der Waals surface area (Å²) in [4.78, 5) is 49.1. The summed E-state index contributed by atoms with van der Waals surface area (Å²) in [7, 11) is 0. The number of fused-ring (bicyclic) bond motifs is 1. The Morgan fingerprint density at radius 2 is 1.94 bits per heavy atom. The van der Waals surface area contributed by atoms with Crippen LogP contribution in [0.25, 0.3) is 0 Å². The van der Waals surface area contributed by atoms with Gasteiger partial charge in [-0.2, -0.15) is 0 Å². The Hall–Kier alpha value is -2.34. The zero-order valence-corrected chi connectivity index (χ0v) is 22.2. The van der Waals surface area contributed by atoms with Gasteiger partial charge < -0.3 is 25.9 Å². The van der Waals surface area contributed by atoms with Crippen molar-refractivity contribution in [3.05, 3.63) is 11.1 Å². The number of carboxylic acid groups (broad SMARTS) is 1. The first-order valence-electron chi connectivity index (χ1n) is 11.8. The van der Waals surface area contributed by atoms with E-state index in [0.29, 0.717) is 5.92 Å². The molecule has 2 aliphatic heterocycles. The summed E-state index contributed by atoms with van der Waals surface area (Å²) >= 11 is 2.54. The fraction of sp³-hybridized carbons (Fsp3) is 0.696. The number of nitrogen functional groups attached to an aromatic ring is 1. The summed E-state index contributed by atoms with van der Waals surface area (Å²) in [6.45, 7) is 10.3. The van der Waals surface area contributed by atoms with E-state index in [1.165, 1.54) is 28.0 Å². The number of carbonyl (C=O) groups excluding carboxylic acids is 2. The van der Waals surface area contributed by atoms with Crippen molar-refractivity contribution in [1.82, 2.24) is 15.2 Å². The van der Waals surface area contributed by atoms with Gasteiger partial charge in [0.15, 0.2) is 10.8 Å². The minimum absolute atomic E-state index is 0.0424. The molecule has 1 aromatic heterocycles. The maximum absolute atomic E-state index is 13.2. The lowest BCUT2D eigenvalue weighted by atomic mass is 9.72. The number of thioether (sulfide) groups is 1. The van der Waals surface area contributed by atoms with Crippen molar-refractivity contribution in [1.29, 1.82) is 0 Å². The molecule has 3 heterocycles. The van der Waals surface area contributed by atoms with Gasteiger partial charge in [-0.1, -0.05) is 25.9 Å². The molecule has 0 bridgehead atoms. The molecule has 2 saturated heterocycles. The zero-order valence-electron chi connectivity index (χ0n) is 20.6. The van der Waals surface area contributed by atoms with Crippen LogP contribution in [0.3, 0.4) is 0 Å². The maximum Gasteiger partial charge on any atom is 0.327 e. The van der Waals surface area contributed by atoms with Crippen LogP contribution >= 0.6 is 23.1 Å². The molecule has 0 aromatic carbocycles. The van der Waals surface area contributed by atoms with Gasteiger partial charge >= 0.3 is 5.97 Å². The van der Waals surface area contributed by atoms with Crippen LogP contribution in [-0.4, -0.2) is 66.8 Å². The highest BCUT2D eigenvalue weighted by atomic mass is 32.2. The normalized spacial score (nSPS) is 30.4. The van der Waals surface area contributed by atoms with E-state index in [1.54, 1.807) is 19.2 Å². The highest BCUT2D eigenvalue weighted by Crippen LogP contribution is 2.50. The molecule has 3 atom stereocenters. The molecule has 10 nitrogen and oxygen atoms in total. The molecule has 4 rings (SSSR count). The number of amides is 2. The molecular weight excluding hydrogens is 490 g/mol. The van der Waals surface area contributed by atoms with Crippen LogP contribution < -0.4 is 11.1 Å². The Kier molecular flexibility index (Phi) is 6.82. The van der Waals surface area contributed by atoms with Crippen molar-refractivity contribution in [2.45, 2.75) is 88.6 Å². The van der Waals surface area contributed by atoms with Gasteiger partial charge in [-0.25, -0.2) is 9.78 Å². The number of carboxylic acids is 1. The minimum atomic E-state index is -1.06. The smallest absolute Gasteiger partial charge is 0.327 e. The van der Waals surface area contributed by atoms with E-state index in [-0.39, 0.29) is 28.1 Å². The van der Waals surface area contributed by atoms with Crippen molar-refractivity contribution in [2.24, 2.45) is 16.5 Å². The molecule has 0 spiro atoms. The van der Waals surface area contributed by atoms with Crippen LogP contribution in [0, 0.1) is 11.3 Å². The van der Waals surface area contributed by atoms with E-state index < -0.39 is 40.0 Å². The summed E-state index contributed by atoms with van der Waals surface area (Å²) in [6, 6.07) is -1.80. The third-order valence-electron chi connectivity index (χ3n) is 7.13. The van der Waals surface area contributed by atoms with Gasteiger partial charge in [0, 0.05) is 10.1 Å². The standard InChI is InChI=1S/C23H33N5O5S2/c1-22(2,3)11-6-8-12(9-7-11)33-27-14(13-10-34-21(24)25-13)17(29)26-15-18(30)28-16(20(31)32)23(4,5)35-19(15)28/h10-12,15-16,19H,6-9H2,1-5H3,(H2,24,25)(H,26,29)(H,31,32)/b27-14-/t11-,12-,15-,16+,19-/m1/s1. The molecule has 1 aliphatic carbocycles. The van der Waals surface area contributed by atoms with E-state index >= 15 is 0 Å². The topological polar surface area (TPSA) is 147 Å². The second-order valence-corrected chi connectivity index (χ2v) is 13.7. The molecule has 3 fully saturated rings. The molecule has 0 unspecified atom stereocenters. The lowest BCUT2D eigenvalue weighted by Crippen LogP contribution is -2.71. The van der Waals surface area contributed by atoms with E-state index in [1.807, 2.05) is 0 Å². The molecular formula is C23H33N5O5S2. The largest absolute Gasteiger partial charge is 0.480 e. The van der Waals surface area contributed by atoms with Gasteiger partial charge in [-0.05, 0) is 50.9 Å². The van der Waals surface area contributed by atoms with Crippen molar-refractivity contribution in [3.8, 4) is 0 Å². The molecule has 35 heavy (non-hydrogen) atoms. The summed E-state index contributed by atoms with van der Waals surface area (Å²) in [5, 5.41) is 18.0. The van der Waals surface area contributed by atoms with Crippen LogP contribution in [0.4, 0.5) is 5.13 Å². The van der Waals surface area contributed by atoms with Crippen LogP contribution in [0.5, 0.6) is 0 Å². The number of anilines is 1. The Morgan fingerprint density at radius 3 is 2.49 bits per heavy atom. The van der Waals surface area contributed by atoms with Crippen molar-refractivity contribution in [3.63, 3.8) is 0 Å². The Labute approximate surface area is 213 Å². The molecule has 192 valence electrons. The predicted octanol–water partition coefficient (Wildman–Crippen LogP) is 2.68. The molecule has 1 saturated carbocycles. The highest BCUT2D eigenvalue weighted by Gasteiger charge is 2.64. The summed E-state index contributed by atoms with van der Waals surface area (Å²) < 4.78 is -0.680. The van der Waals surface area contributed by atoms with E-state index in [2.05, 4.69) is 36.2 Å². The van der Waals surface area contributed by atoms with Gasteiger partial charge in [0.05, 0.1) is 0 Å². The van der Waals surface area contributed by atoms with Gasteiger partial charge in [0.25, 0.3) is 5.91 Å². The van der Waals surface area contributed by atoms with Gasteiger partial charge in [0.1, 0.15) is 29.3 Å². The monoisotopic (exact) mass is 523 g/mol. The Bertz CT molecular complexity index is 1040. The predicted molar refractivity (Wildman–Crippen MR) is 135 cm³/mol. The molecule has 4 N–H and O–H groups in total. The lowest BCUT2D eigenvalue weighted by Gasteiger charge is -2.43. The summed E-state index contributed by atoms with van der Waals surface area (Å²) in [5.74, 6) is -1.47. The first-order valence-corrected chi connectivity index (χ1v) is 13.5. The zero-order chi connectivity index (χ0) is 25.7. The summed E-state index contributed by atoms with van der Waals surface area (Å²) in [6.07, 6.45) is 3.65. The number of aliphatic carboxylic acids is 1.